The molecule has 2 aromatic carbocycles. The lowest BCUT2D eigenvalue weighted by molar-refractivity contribution is -0.400. The van der Waals surface area contributed by atoms with Crippen LogP contribution in [-0.2, 0) is 6.54 Å². The first-order chi connectivity index (χ1) is 9.70. The predicted molar refractivity (Wildman–Crippen MR) is 81.1 cm³/mol. The molecule has 0 bridgehead atoms. The van der Waals surface area contributed by atoms with Crippen LogP contribution in [0.25, 0.3) is 27.9 Å². The third kappa shape index (κ3) is 1.95. The third-order valence-electron chi connectivity index (χ3n) is 3.50. The number of rotatable bonds is 3. The SMILES string of the molecule is CCn1c2ccccc2c2cc(/C=C/[N+](=O)[O-])ccc21. The molecule has 0 radical (unpaired) electrons. The Kier molecular flexibility index (Phi) is 2.99. The van der Waals surface area contributed by atoms with E-state index in [1.54, 1.807) is 0 Å². The van der Waals surface area contributed by atoms with E-state index in [1.807, 2.05) is 30.3 Å². The lowest BCUT2D eigenvalue weighted by Crippen LogP contribution is -1.92. The number of aryl methyl sites for hydroxylation is 1. The van der Waals surface area contributed by atoms with Crippen molar-refractivity contribution in [2.24, 2.45) is 0 Å². The Morgan fingerprint density at radius 2 is 1.90 bits per heavy atom. The Labute approximate surface area is 116 Å². The molecular weight excluding hydrogens is 252 g/mol. The zero-order valence-electron chi connectivity index (χ0n) is 11.1. The van der Waals surface area contributed by atoms with Crippen molar-refractivity contribution in [3.8, 4) is 0 Å². The van der Waals surface area contributed by atoms with Gasteiger partial charge in [-0.2, -0.15) is 0 Å². The van der Waals surface area contributed by atoms with Crippen molar-refractivity contribution in [3.63, 3.8) is 0 Å². The molecule has 100 valence electrons. The van der Waals surface area contributed by atoms with Gasteiger partial charge in [0.05, 0.1) is 4.92 Å². The molecule has 0 spiro atoms. The fraction of sp³-hybridized carbons (Fsp3) is 0.125. The summed E-state index contributed by atoms with van der Waals surface area (Å²) in [7, 11) is 0. The molecule has 3 aromatic rings. The van der Waals surface area contributed by atoms with E-state index >= 15 is 0 Å². The number of hydrogen-bond donors (Lipinski definition) is 0. The molecule has 0 saturated heterocycles. The molecular formula is C16H14N2O2. The van der Waals surface area contributed by atoms with Crippen LogP contribution in [0.5, 0.6) is 0 Å². The minimum Gasteiger partial charge on any atom is -0.341 e. The lowest BCUT2D eigenvalue weighted by Gasteiger charge is -2.02. The van der Waals surface area contributed by atoms with Crippen LogP contribution in [0, 0.1) is 10.1 Å². The Morgan fingerprint density at radius 1 is 1.15 bits per heavy atom. The molecule has 1 heterocycles. The summed E-state index contributed by atoms with van der Waals surface area (Å²) in [5.41, 5.74) is 3.19. The van der Waals surface area contributed by atoms with E-state index in [-0.39, 0.29) is 0 Å². The number of nitro groups is 1. The van der Waals surface area contributed by atoms with Crippen molar-refractivity contribution in [2.45, 2.75) is 13.5 Å². The Morgan fingerprint density at radius 3 is 2.65 bits per heavy atom. The molecule has 20 heavy (non-hydrogen) atoms. The third-order valence-corrected chi connectivity index (χ3v) is 3.50. The molecule has 4 nitrogen and oxygen atoms in total. The van der Waals surface area contributed by atoms with E-state index in [0.29, 0.717) is 0 Å². The van der Waals surface area contributed by atoms with Gasteiger partial charge >= 0.3 is 0 Å². The number of para-hydroxylation sites is 1. The maximum absolute atomic E-state index is 10.4. The second-order valence-electron chi connectivity index (χ2n) is 4.64. The van der Waals surface area contributed by atoms with Crippen molar-refractivity contribution in [1.82, 2.24) is 4.57 Å². The molecule has 0 aliphatic carbocycles. The zero-order valence-corrected chi connectivity index (χ0v) is 11.1. The highest BCUT2D eigenvalue weighted by Gasteiger charge is 2.08. The van der Waals surface area contributed by atoms with Gasteiger partial charge in [0.25, 0.3) is 0 Å². The maximum atomic E-state index is 10.4. The van der Waals surface area contributed by atoms with Crippen LogP contribution in [0.3, 0.4) is 0 Å². The Bertz CT molecular complexity index is 831. The molecule has 0 N–H and O–H groups in total. The average Bonchev–Trinajstić information content (AvgIpc) is 2.78. The van der Waals surface area contributed by atoms with E-state index in [4.69, 9.17) is 0 Å². The summed E-state index contributed by atoms with van der Waals surface area (Å²) in [6, 6.07) is 14.2. The average molecular weight is 266 g/mol. The summed E-state index contributed by atoms with van der Waals surface area (Å²) in [6.07, 6.45) is 2.50. The van der Waals surface area contributed by atoms with E-state index in [9.17, 15) is 10.1 Å². The van der Waals surface area contributed by atoms with Gasteiger partial charge in [0.2, 0.25) is 6.20 Å². The first-order valence-corrected chi connectivity index (χ1v) is 6.53. The van der Waals surface area contributed by atoms with E-state index in [0.717, 1.165) is 29.2 Å². The van der Waals surface area contributed by atoms with Crippen molar-refractivity contribution in [3.05, 3.63) is 64.3 Å². The molecule has 0 atom stereocenters. The van der Waals surface area contributed by atoms with Crippen LogP contribution in [0.4, 0.5) is 0 Å². The molecule has 1 aromatic heterocycles. The van der Waals surface area contributed by atoms with Crippen LogP contribution >= 0.6 is 0 Å². The number of nitrogens with zero attached hydrogens (tertiary/aromatic N) is 2. The summed E-state index contributed by atoms with van der Waals surface area (Å²) in [5, 5.41) is 12.7. The van der Waals surface area contributed by atoms with Gasteiger partial charge in [0.15, 0.2) is 0 Å². The number of benzene rings is 2. The van der Waals surface area contributed by atoms with Crippen molar-refractivity contribution < 1.29 is 4.92 Å². The standard InChI is InChI=1S/C16H14N2O2/c1-2-17-15-6-4-3-5-13(15)14-11-12(7-8-16(14)17)9-10-18(19)20/h3-11H,2H2,1H3/b10-9+. The molecule has 0 unspecified atom stereocenters. The van der Waals surface area contributed by atoms with Gasteiger partial charge in [-0.1, -0.05) is 24.3 Å². The molecule has 3 rings (SSSR count). The van der Waals surface area contributed by atoms with Crippen molar-refractivity contribution in [2.75, 3.05) is 0 Å². The quantitative estimate of drug-likeness (QED) is 0.530. The van der Waals surface area contributed by atoms with Gasteiger partial charge < -0.3 is 4.57 Å². The van der Waals surface area contributed by atoms with Crippen molar-refractivity contribution >= 4 is 27.9 Å². The van der Waals surface area contributed by atoms with Crippen LogP contribution in [0.2, 0.25) is 0 Å². The first kappa shape index (κ1) is 12.4. The van der Waals surface area contributed by atoms with Crippen LogP contribution < -0.4 is 0 Å². The fourth-order valence-electron chi connectivity index (χ4n) is 2.66. The van der Waals surface area contributed by atoms with Crippen molar-refractivity contribution in [1.29, 1.82) is 0 Å². The zero-order chi connectivity index (χ0) is 14.1. The smallest absolute Gasteiger partial charge is 0.235 e. The van der Waals surface area contributed by atoms with Crippen LogP contribution in [0.1, 0.15) is 12.5 Å². The fourth-order valence-corrected chi connectivity index (χ4v) is 2.66. The predicted octanol–water partition coefficient (Wildman–Crippen LogP) is 4.06. The summed E-state index contributed by atoms with van der Waals surface area (Å²) in [6.45, 7) is 3.01. The van der Waals surface area contributed by atoms with E-state index in [2.05, 4.69) is 23.6 Å². The molecule has 4 heteroatoms. The second kappa shape index (κ2) is 4.81. The number of aromatic nitrogens is 1. The summed E-state index contributed by atoms with van der Waals surface area (Å²) < 4.78 is 2.26. The normalized spacial score (nSPS) is 11.7. The van der Waals surface area contributed by atoms with E-state index in [1.165, 1.54) is 17.0 Å². The van der Waals surface area contributed by atoms with Gasteiger partial charge in [-0.3, -0.25) is 10.1 Å². The minimum atomic E-state index is -0.445. The monoisotopic (exact) mass is 266 g/mol. The highest BCUT2D eigenvalue weighted by Crippen LogP contribution is 2.29. The summed E-state index contributed by atoms with van der Waals surface area (Å²) in [4.78, 5) is 9.97. The summed E-state index contributed by atoms with van der Waals surface area (Å²) >= 11 is 0. The largest absolute Gasteiger partial charge is 0.341 e. The van der Waals surface area contributed by atoms with Gasteiger partial charge in [-0.25, -0.2) is 0 Å². The molecule has 0 aliphatic heterocycles. The number of fused-ring (bicyclic) bond motifs is 3. The second-order valence-corrected chi connectivity index (χ2v) is 4.64. The molecule has 0 saturated carbocycles. The maximum Gasteiger partial charge on any atom is 0.235 e. The van der Waals surface area contributed by atoms with Gasteiger partial charge in [-0.15, -0.1) is 0 Å². The van der Waals surface area contributed by atoms with E-state index < -0.39 is 4.92 Å². The van der Waals surface area contributed by atoms with Crippen LogP contribution in [0.15, 0.2) is 48.7 Å². The Hall–Kier alpha value is -2.62. The number of hydrogen-bond acceptors (Lipinski definition) is 2. The highest BCUT2D eigenvalue weighted by molar-refractivity contribution is 6.08. The van der Waals surface area contributed by atoms with Gasteiger partial charge in [-0.05, 0) is 30.7 Å². The highest BCUT2D eigenvalue weighted by atomic mass is 16.6. The van der Waals surface area contributed by atoms with Crippen LogP contribution in [-0.4, -0.2) is 9.49 Å². The topological polar surface area (TPSA) is 48.1 Å². The first-order valence-electron chi connectivity index (χ1n) is 6.53. The molecule has 0 fully saturated rings. The molecule has 0 amide bonds. The minimum absolute atomic E-state index is 0.445. The van der Waals surface area contributed by atoms with Gasteiger partial charge in [0, 0.05) is 34.4 Å². The summed E-state index contributed by atoms with van der Waals surface area (Å²) in [5.74, 6) is 0. The lowest BCUT2D eigenvalue weighted by atomic mass is 10.1. The van der Waals surface area contributed by atoms with Gasteiger partial charge in [0.1, 0.15) is 0 Å². The molecule has 0 aliphatic rings. The Balaban J connectivity index is 2.28.